The molecule has 1 saturated heterocycles. The molecule has 104 valence electrons. The molecule has 1 aliphatic rings. The van der Waals surface area contributed by atoms with Crippen LogP contribution in [0.4, 0.5) is 0 Å². The summed E-state index contributed by atoms with van der Waals surface area (Å²) in [4.78, 5) is 23.3. The van der Waals surface area contributed by atoms with E-state index in [9.17, 15) is 9.59 Å². The molecule has 0 aromatic heterocycles. The van der Waals surface area contributed by atoms with Crippen LogP contribution in [0.25, 0.3) is 0 Å². The number of hydrogen-bond donors (Lipinski definition) is 3. The number of hydrogen-bond acceptors (Lipinski definition) is 3. The summed E-state index contributed by atoms with van der Waals surface area (Å²) in [5, 5.41) is 15.0. The van der Waals surface area contributed by atoms with Crippen LogP contribution in [0.2, 0.25) is 0 Å². The molecule has 1 aliphatic heterocycles. The van der Waals surface area contributed by atoms with Crippen molar-refractivity contribution in [2.75, 3.05) is 6.54 Å². The topological polar surface area (TPSA) is 78.4 Å². The second kappa shape index (κ2) is 6.18. The van der Waals surface area contributed by atoms with Crippen molar-refractivity contribution in [3.63, 3.8) is 0 Å². The molecule has 18 heavy (non-hydrogen) atoms. The number of carboxylic acids is 1. The molecule has 1 unspecified atom stereocenters. The summed E-state index contributed by atoms with van der Waals surface area (Å²) in [6.07, 6.45) is 3.28. The zero-order valence-electron chi connectivity index (χ0n) is 11.5. The third-order valence-corrected chi connectivity index (χ3v) is 3.43. The Labute approximate surface area is 108 Å². The predicted molar refractivity (Wildman–Crippen MR) is 69.3 cm³/mol. The molecule has 0 aromatic carbocycles. The minimum Gasteiger partial charge on any atom is -0.480 e. The largest absolute Gasteiger partial charge is 0.480 e. The first-order valence-electron chi connectivity index (χ1n) is 6.64. The maximum absolute atomic E-state index is 12.2. The Morgan fingerprint density at radius 2 is 2.06 bits per heavy atom. The Balaban J connectivity index is 2.62. The monoisotopic (exact) mass is 256 g/mol. The summed E-state index contributed by atoms with van der Waals surface area (Å²) < 4.78 is 0. The average molecular weight is 256 g/mol. The lowest BCUT2D eigenvalue weighted by atomic mass is 9.89. The van der Waals surface area contributed by atoms with E-state index in [1.807, 2.05) is 20.8 Å². The SMILES string of the molecule is CC(C)C[C@@H](NC(=O)C1(C)CCCCN1)C(=O)O. The van der Waals surface area contributed by atoms with E-state index in [1.54, 1.807) is 0 Å². The molecule has 0 spiro atoms. The van der Waals surface area contributed by atoms with E-state index in [0.717, 1.165) is 25.8 Å². The van der Waals surface area contributed by atoms with Crippen LogP contribution >= 0.6 is 0 Å². The van der Waals surface area contributed by atoms with Crippen LogP contribution in [0.15, 0.2) is 0 Å². The molecule has 0 radical (unpaired) electrons. The normalized spacial score (nSPS) is 25.8. The van der Waals surface area contributed by atoms with Gasteiger partial charge in [0.1, 0.15) is 6.04 Å². The van der Waals surface area contributed by atoms with E-state index in [1.165, 1.54) is 0 Å². The summed E-state index contributed by atoms with van der Waals surface area (Å²) >= 11 is 0. The van der Waals surface area contributed by atoms with Crippen LogP contribution < -0.4 is 10.6 Å². The van der Waals surface area contributed by atoms with E-state index >= 15 is 0 Å². The third kappa shape index (κ3) is 3.98. The van der Waals surface area contributed by atoms with Crippen molar-refractivity contribution in [2.45, 2.75) is 58.0 Å². The van der Waals surface area contributed by atoms with Gasteiger partial charge in [-0.15, -0.1) is 0 Å². The quantitative estimate of drug-likeness (QED) is 0.689. The Kier molecular flexibility index (Phi) is 5.14. The van der Waals surface area contributed by atoms with Crippen molar-refractivity contribution in [1.29, 1.82) is 0 Å². The first-order chi connectivity index (χ1) is 8.35. The number of carbonyl (C=O) groups is 2. The summed E-state index contributed by atoms with van der Waals surface area (Å²) in [5.41, 5.74) is -0.622. The Morgan fingerprint density at radius 3 is 2.50 bits per heavy atom. The molecule has 1 amide bonds. The van der Waals surface area contributed by atoms with E-state index < -0.39 is 17.6 Å². The summed E-state index contributed by atoms with van der Waals surface area (Å²) in [6.45, 7) is 6.55. The van der Waals surface area contributed by atoms with Crippen LogP contribution in [0.3, 0.4) is 0 Å². The number of rotatable bonds is 5. The first-order valence-corrected chi connectivity index (χ1v) is 6.64. The molecule has 1 fully saturated rings. The number of carbonyl (C=O) groups excluding carboxylic acids is 1. The lowest BCUT2D eigenvalue weighted by molar-refractivity contribution is -0.143. The molecule has 3 N–H and O–H groups in total. The van der Waals surface area contributed by atoms with Crippen molar-refractivity contribution in [2.24, 2.45) is 5.92 Å². The summed E-state index contributed by atoms with van der Waals surface area (Å²) in [7, 11) is 0. The second-order valence-corrected chi connectivity index (χ2v) is 5.71. The van der Waals surface area contributed by atoms with Gasteiger partial charge in [-0.05, 0) is 45.1 Å². The van der Waals surface area contributed by atoms with Crippen molar-refractivity contribution in [1.82, 2.24) is 10.6 Å². The molecule has 1 heterocycles. The predicted octanol–water partition coefficient (Wildman–Crippen LogP) is 1.13. The highest BCUT2D eigenvalue weighted by Gasteiger charge is 2.36. The average Bonchev–Trinajstić information content (AvgIpc) is 2.28. The zero-order chi connectivity index (χ0) is 13.8. The smallest absolute Gasteiger partial charge is 0.326 e. The van der Waals surface area contributed by atoms with Crippen molar-refractivity contribution in [3.05, 3.63) is 0 Å². The van der Waals surface area contributed by atoms with E-state index in [2.05, 4.69) is 10.6 Å². The maximum atomic E-state index is 12.2. The fourth-order valence-corrected chi connectivity index (χ4v) is 2.26. The van der Waals surface area contributed by atoms with Crippen LogP contribution in [0, 0.1) is 5.92 Å². The van der Waals surface area contributed by atoms with E-state index in [-0.39, 0.29) is 11.8 Å². The zero-order valence-corrected chi connectivity index (χ0v) is 11.5. The summed E-state index contributed by atoms with van der Waals surface area (Å²) in [6, 6.07) is -0.793. The fraction of sp³-hybridized carbons (Fsp3) is 0.846. The van der Waals surface area contributed by atoms with Crippen LogP contribution in [-0.2, 0) is 9.59 Å². The molecular weight excluding hydrogens is 232 g/mol. The van der Waals surface area contributed by atoms with Gasteiger partial charge in [0.15, 0.2) is 0 Å². The van der Waals surface area contributed by atoms with Crippen LogP contribution in [0.1, 0.15) is 46.5 Å². The molecule has 0 aliphatic carbocycles. The third-order valence-electron chi connectivity index (χ3n) is 3.43. The highest BCUT2D eigenvalue weighted by molar-refractivity contribution is 5.89. The van der Waals surface area contributed by atoms with Gasteiger partial charge >= 0.3 is 5.97 Å². The Morgan fingerprint density at radius 1 is 1.39 bits per heavy atom. The molecule has 1 rings (SSSR count). The second-order valence-electron chi connectivity index (χ2n) is 5.71. The minimum absolute atomic E-state index is 0.199. The Bertz CT molecular complexity index is 309. The van der Waals surface area contributed by atoms with Gasteiger partial charge in [-0.3, -0.25) is 4.79 Å². The highest BCUT2D eigenvalue weighted by atomic mass is 16.4. The van der Waals surface area contributed by atoms with E-state index in [0.29, 0.717) is 6.42 Å². The number of aliphatic carboxylic acids is 1. The minimum atomic E-state index is -0.962. The highest BCUT2D eigenvalue weighted by Crippen LogP contribution is 2.19. The molecule has 0 bridgehead atoms. The van der Waals surface area contributed by atoms with Crippen LogP contribution in [0.5, 0.6) is 0 Å². The first kappa shape index (κ1) is 15.0. The van der Waals surface area contributed by atoms with Gasteiger partial charge in [-0.25, -0.2) is 4.79 Å². The molecular formula is C13H24N2O3. The number of piperidine rings is 1. The van der Waals surface area contributed by atoms with Crippen molar-refractivity contribution >= 4 is 11.9 Å². The molecule has 2 atom stereocenters. The molecule has 5 heteroatoms. The maximum Gasteiger partial charge on any atom is 0.326 e. The molecule has 5 nitrogen and oxygen atoms in total. The van der Waals surface area contributed by atoms with Crippen molar-refractivity contribution < 1.29 is 14.7 Å². The number of carboxylic acid groups (broad SMARTS) is 1. The van der Waals surface area contributed by atoms with Crippen LogP contribution in [-0.4, -0.2) is 35.1 Å². The fourth-order valence-electron chi connectivity index (χ4n) is 2.26. The van der Waals surface area contributed by atoms with Gasteiger partial charge in [-0.1, -0.05) is 13.8 Å². The lowest BCUT2D eigenvalue weighted by Crippen LogP contribution is -2.59. The standard InChI is InChI=1S/C13H24N2O3/c1-9(2)8-10(11(16)17)15-12(18)13(3)6-4-5-7-14-13/h9-10,14H,4-8H2,1-3H3,(H,15,18)(H,16,17)/t10-,13?/m1/s1. The van der Waals surface area contributed by atoms with Gasteiger partial charge in [-0.2, -0.15) is 0 Å². The number of amides is 1. The van der Waals surface area contributed by atoms with Gasteiger partial charge in [0.05, 0.1) is 5.54 Å². The Hall–Kier alpha value is -1.10. The number of nitrogens with one attached hydrogen (secondary N) is 2. The van der Waals surface area contributed by atoms with Gasteiger partial charge in [0.25, 0.3) is 0 Å². The van der Waals surface area contributed by atoms with Gasteiger partial charge < -0.3 is 15.7 Å². The van der Waals surface area contributed by atoms with Gasteiger partial charge in [0.2, 0.25) is 5.91 Å². The van der Waals surface area contributed by atoms with E-state index in [4.69, 9.17) is 5.11 Å². The lowest BCUT2D eigenvalue weighted by Gasteiger charge is -2.34. The summed E-state index contributed by atoms with van der Waals surface area (Å²) in [5.74, 6) is -0.926. The van der Waals surface area contributed by atoms with Crippen molar-refractivity contribution in [3.8, 4) is 0 Å². The molecule has 0 saturated carbocycles. The molecule has 0 aromatic rings. The van der Waals surface area contributed by atoms with Gasteiger partial charge in [0, 0.05) is 0 Å².